The van der Waals surface area contributed by atoms with Crippen LogP contribution in [0.25, 0.3) is 0 Å². The van der Waals surface area contributed by atoms with Gasteiger partial charge >= 0.3 is 0 Å². The van der Waals surface area contributed by atoms with Gasteiger partial charge in [-0.25, -0.2) is 0 Å². The molecule has 0 N–H and O–H groups in total. The van der Waals surface area contributed by atoms with Crippen molar-refractivity contribution in [3.05, 3.63) is 65.5 Å². The SMILES string of the molecule is CC(=O)N1CCN(C(=O)C(c2ccc(C)cc2)c2ccccn2)CC1. The molecule has 1 fully saturated rings. The Kier molecular flexibility index (Phi) is 5.12. The average molecular weight is 337 g/mol. The van der Waals surface area contributed by atoms with Crippen LogP contribution in [-0.2, 0) is 9.59 Å². The smallest absolute Gasteiger partial charge is 0.236 e. The number of amides is 2. The van der Waals surface area contributed by atoms with Crippen LogP contribution >= 0.6 is 0 Å². The second-order valence-electron chi connectivity index (χ2n) is 6.43. The molecule has 25 heavy (non-hydrogen) atoms. The van der Waals surface area contributed by atoms with E-state index in [1.807, 2.05) is 54.3 Å². The maximum Gasteiger partial charge on any atom is 0.236 e. The number of aromatic nitrogens is 1. The molecule has 0 bridgehead atoms. The number of pyridine rings is 1. The van der Waals surface area contributed by atoms with Crippen LogP contribution < -0.4 is 0 Å². The Labute approximate surface area is 148 Å². The number of rotatable bonds is 3. The molecule has 5 heteroatoms. The molecule has 130 valence electrons. The van der Waals surface area contributed by atoms with Crippen molar-refractivity contribution in [2.75, 3.05) is 26.2 Å². The molecule has 2 amide bonds. The van der Waals surface area contributed by atoms with Gasteiger partial charge in [-0.2, -0.15) is 0 Å². The van der Waals surface area contributed by atoms with Gasteiger partial charge in [-0.05, 0) is 24.6 Å². The van der Waals surface area contributed by atoms with Gasteiger partial charge in [0.1, 0.15) is 5.92 Å². The van der Waals surface area contributed by atoms with Gasteiger partial charge in [0.25, 0.3) is 0 Å². The van der Waals surface area contributed by atoms with Gasteiger partial charge < -0.3 is 9.80 Å². The fourth-order valence-corrected chi connectivity index (χ4v) is 3.17. The number of piperazine rings is 1. The van der Waals surface area contributed by atoms with E-state index < -0.39 is 5.92 Å². The van der Waals surface area contributed by atoms with Crippen molar-refractivity contribution in [3.63, 3.8) is 0 Å². The van der Waals surface area contributed by atoms with E-state index in [9.17, 15) is 9.59 Å². The predicted octanol–water partition coefficient (Wildman–Crippen LogP) is 2.21. The van der Waals surface area contributed by atoms with Crippen molar-refractivity contribution < 1.29 is 9.59 Å². The summed E-state index contributed by atoms with van der Waals surface area (Å²) in [4.78, 5) is 32.8. The fraction of sp³-hybridized carbons (Fsp3) is 0.350. The van der Waals surface area contributed by atoms with Crippen LogP contribution in [0.2, 0.25) is 0 Å². The lowest BCUT2D eigenvalue weighted by atomic mass is 9.92. The predicted molar refractivity (Wildman–Crippen MR) is 96.1 cm³/mol. The van der Waals surface area contributed by atoms with E-state index in [4.69, 9.17) is 0 Å². The molecule has 5 nitrogen and oxygen atoms in total. The molecular weight excluding hydrogens is 314 g/mol. The number of carbonyl (C=O) groups is 2. The van der Waals surface area contributed by atoms with Gasteiger partial charge in [0.15, 0.2) is 0 Å². The zero-order valence-electron chi connectivity index (χ0n) is 14.7. The lowest BCUT2D eigenvalue weighted by Crippen LogP contribution is -2.51. The zero-order valence-corrected chi connectivity index (χ0v) is 14.7. The standard InChI is InChI=1S/C20H23N3O2/c1-15-6-8-17(9-7-15)19(18-5-3-4-10-21-18)20(25)23-13-11-22(12-14-23)16(2)24/h3-10,19H,11-14H2,1-2H3. The number of carbonyl (C=O) groups excluding carboxylic acids is 2. The van der Waals surface area contributed by atoms with E-state index in [-0.39, 0.29) is 11.8 Å². The maximum absolute atomic E-state index is 13.2. The molecule has 1 aromatic carbocycles. The molecule has 0 radical (unpaired) electrons. The van der Waals surface area contributed by atoms with E-state index in [2.05, 4.69) is 4.98 Å². The van der Waals surface area contributed by atoms with E-state index in [1.54, 1.807) is 18.0 Å². The van der Waals surface area contributed by atoms with Crippen molar-refractivity contribution >= 4 is 11.8 Å². The van der Waals surface area contributed by atoms with Gasteiger partial charge in [0.2, 0.25) is 11.8 Å². The summed E-state index contributed by atoms with van der Waals surface area (Å²) in [5, 5.41) is 0. The maximum atomic E-state index is 13.2. The lowest BCUT2D eigenvalue weighted by molar-refractivity contribution is -0.138. The van der Waals surface area contributed by atoms with Gasteiger partial charge in [0, 0.05) is 39.3 Å². The van der Waals surface area contributed by atoms with Crippen molar-refractivity contribution in [2.45, 2.75) is 19.8 Å². The lowest BCUT2D eigenvalue weighted by Gasteiger charge is -2.36. The number of hydrogen-bond acceptors (Lipinski definition) is 3. The van der Waals surface area contributed by atoms with E-state index in [0.29, 0.717) is 26.2 Å². The first kappa shape index (κ1) is 17.1. The summed E-state index contributed by atoms with van der Waals surface area (Å²) in [6.07, 6.45) is 1.72. The Morgan fingerprint density at radius 2 is 1.60 bits per heavy atom. The molecule has 1 aromatic heterocycles. The molecule has 0 saturated carbocycles. The minimum Gasteiger partial charge on any atom is -0.339 e. The van der Waals surface area contributed by atoms with Crippen LogP contribution in [0, 0.1) is 6.92 Å². The molecule has 2 heterocycles. The molecular formula is C20H23N3O2. The topological polar surface area (TPSA) is 53.5 Å². The van der Waals surface area contributed by atoms with Gasteiger partial charge in [-0.1, -0.05) is 35.9 Å². The number of aryl methyl sites for hydroxylation is 1. The van der Waals surface area contributed by atoms with Crippen LogP contribution in [-0.4, -0.2) is 52.8 Å². The molecule has 1 atom stereocenters. The first-order valence-electron chi connectivity index (χ1n) is 8.58. The van der Waals surface area contributed by atoms with Crippen molar-refractivity contribution in [3.8, 4) is 0 Å². The van der Waals surface area contributed by atoms with Gasteiger partial charge in [-0.15, -0.1) is 0 Å². The number of nitrogens with zero attached hydrogens (tertiary/aromatic N) is 3. The molecule has 1 aliphatic heterocycles. The minimum atomic E-state index is -0.411. The summed E-state index contributed by atoms with van der Waals surface area (Å²) < 4.78 is 0. The summed E-state index contributed by atoms with van der Waals surface area (Å²) >= 11 is 0. The fourth-order valence-electron chi connectivity index (χ4n) is 3.17. The van der Waals surface area contributed by atoms with Crippen LogP contribution in [0.5, 0.6) is 0 Å². The zero-order chi connectivity index (χ0) is 17.8. The Bertz CT molecular complexity index is 735. The normalized spacial score (nSPS) is 15.8. The summed E-state index contributed by atoms with van der Waals surface area (Å²) in [5.41, 5.74) is 2.86. The largest absolute Gasteiger partial charge is 0.339 e. The Balaban J connectivity index is 1.86. The van der Waals surface area contributed by atoms with Crippen molar-refractivity contribution in [2.24, 2.45) is 0 Å². The summed E-state index contributed by atoms with van der Waals surface area (Å²) in [5.74, 6) is -0.302. The first-order valence-corrected chi connectivity index (χ1v) is 8.58. The summed E-state index contributed by atoms with van der Waals surface area (Å²) in [6.45, 7) is 5.90. The van der Waals surface area contributed by atoms with Crippen LogP contribution in [0.3, 0.4) is 0 Å². The Hall–Kier alpha value is -2.69. The first-order chi connectivity index (χ1) is 12.1. The quantitative estimate of drug-likeness (QED) is 0.863. The Morgan fingerprint density at radius 3 is 2.16 bits per heavy atom. The highest BCUT2D eigenvalue weighted by Crippen LogP contribution is 2.26. The average Bonchev–Trinajstić information content (AvgIpc) is 2.64. The molecule has 1 saturated heterocycles. The molecule has 1 unspecified atom stereocenters. The highest BCUT2D eigenvalue weighted by Gasteiger charge is 2.31. The van der Waals surface area contributed by atoms with Crippen molar-refractivity contribution in [1.29, 1.82) is 0 Å². The number of benzene rings is 1. The second kappa shape index (κ2) is 7.47. The van der Waals surface area contributed by atoms with E-state index in [0.717, 1.165) is 16.8 Å². The summed E-state index contributed by atoms with van der Waals surface area (Å²) in [7, 11) is 0. The Morgan fingerprint density at radius 1 is 0.960 bits per heavy atom. The highest BCUT2D eigenvalue weighted by atomic mass is 16.2. The van der Waals surface area contributed by atoms with Gasteiger partial charge in [-0.3, -0.25) is 14.6 Å². The minimum absolute atomic E-state index is 0.0470. The van der Waals surface area contributed by atoms with E-state index in [1.165, 1.54) is 0 Å². The van der Waals surface area contributed by atoms with Gasteiger partial charge in [0.05, 0.1) is 5.69 Å². The van der Waals surface area contributed by atoms with E-state index >= 15 is 0 Å². The molecule has 1 aliphatic rings. The molecule has 3 rings (SSSR count). The number of hydrogen-bond donors (Lipinski definition) is 0. The molecule has 0 aliphatic carbocycles. The third-order valence-electron chi connectivity index (χ3n) is 4.68. The second-order valence-corrected chi connectivity index (χ2v) is 6.43. The third kappa shape index (κ3) is 3.87. The molecule has 0 spiro atoms. The molecule has 2 aromatic rings. The third-order valence-corrected chi connectivity index (χ3v) is 4.68. The monoisotopic (exact) mass is 337 g/mol. The summed E-state index contributed by atoms with van der Waals surface area (Å²) in [6, 6.07) is 13.7. The highest BCUT2D eigenvalue weighted by molar-refractivity contribution is 5.87. The van der Waals surface area contributed by atoms with Crippen LogP contribution in [0.1, 0.15) is 29.7 Å². The van der Waals surface area contributed by atoms with Crippen molar-refractivity contribution in [1.82, 2.24) is 14.8 Å². The van der Waals surface area contributed by atoms with Crippen LogP contribution in [0.15, 0.2) is 48.7 Å². The van der Waals surface area contributed by atoms with Crippen LogP contribution in [0.4, 0.5) is 0 Å².